The third-order valence-corrected chi connectivity index (χ3v) is 4.55. The molecule has 0 N–H and O–H groups in total. The molecule has 0 aliphatic carbocycles. The molecule has 4 heteroatoms. The van der Waals surface area contributed by atoms with E-state index in [0.717, 1.165) is 15.3 Å². The molecule has 0 spiro atoms. The predicted octanol–water partition coefficient (Wildman–Crippen LogP) is 4.48. The summed E-state index contributed by atoms with van der Waals surface area (Å²) in [7, 11) is 0. The molecule has 0 aliphatic heterocycles. The van der Waals surface area contributed by atoms with Crippen LogP contribution < -0.4 is 0 Å². The molecular formula is C14H13FOS2. The topological polar surface area (TPSA) is 17.1 Å². The van der Waals surface area contributed by atoms with Crippen molar-refractivity contribution in [1.29, 1.82) is 0 Å². The number of hydrogen-bond acceptors (Lipinski definition) is 3. The third kappa shape index (κ3) is 3.00. The molecule has 0 fully saturated rings. The summed E-state index contributed by atoms with van der Waals surface area (Å²) in [6, 6.07) is 8.43. The van der Waals surface area contributed by atoms with E-state index in [2.05, 4.69) is 0 Å². The summed E-state index contributed by atoms with van der Waals surface area (Å²) in [6.45, 7) is 3.93. The number of aryl methyl sites for hydroxylation is 2. The molecule has 0 amide bonds. The maximum Gasteiger partial charge on any atom is 0.174 e. The van der Waals surface area contributed by atoms with Crippen molar-refractivity contribution in [2.45, 2.75) is 18.7 Å². The molecule has 2 rings (SSSR count). The number of benzene rings is 1. The quantitative estimate of drug-likeness (QED) is 0.607. The highest BCUT2D eigenvalue weighted by Crippen LogP contribution is 2.25. The number of halogens is 1. The van der Waals surface area contributed by atoms with E-state index in [1.165, 1.54) is 17.8 Å². The van der Waals surface area contributed by atoms with E-state index in [4.69, 9.17) is 0 Å². The van der Waals surface area contributed by atoms with Gasteiger partial charge in [0.1, 0.15) is 5.82 Å². The zero-order valence-corrected chi connectivity index (χ0v) is 11.8. The first-order chi connectivity index (χ1) is 8.58. The van der Waals surface area contributed by atoms with E-state index in [1.54, 1.807) is 29.5 Å². The molecule has 0 radical (unpaired) electrons. The highest BCUT2D eigenvalue weighted by Gasteiger charge is 2.13. The Labute approximate surface area is 114 Å². The largest absolute Gasteiger partial charge is 0.293 e. The van der Waals surface area contributed by atoms with Gasteiger partial charge in [0.25, 0.3) is 0 Å². The van der Waals surface area contributed by atoms with E-state index >= 15 is 0 Å². The minimum absolute atomic E-state index is 0.0603. The molecule has 0 bridgehead atoms. The second-order valence-corrected chi connectivity index (χ2v) is 6.45. The van der Waals surface area contributed by atoms with E-state index in [1.807, 2.05) is 19.9 Å². The lowest BCUT2D eigenvalue weighted by Gasteiger charge is -2.02. The molecule has 0 saturated carbocycles. The van der Waals surface area contributed by atoms with Crippen LogP contribution in [0.5, 0.6) is 0 Å². The molecule has 0 aliphatic rings. The van der Waals surface area contributed by atoms with Crippen molar-refractivity contribution < 1.29 is 9.18 Å². The summed E-state index contributed by atoms with van der Waals surface area (Å²) in [5.74, 6) is 0.0661. The Morgan fingerprint density at radius 2 is 2.06 bits per heavy atom. The van der Waals surface area contributed by atoms with E-state index < -0.39 is 0 Å². The average molecular weight is 280 g/mol. The molecule has 1 heterocycles. The van der Waals surface area contributed by atoms with Gasteiger partial charge >= 0.3 is 0 Å². The summed E-state index contributed by atoms with van der Waals surface area (Å²) in [5, 5.41) is 0. The van der Waals surface area contributed by atoms with Crippen LogP contribution in [0.3, 0.4) is 0 Å². The first kappa shape index (κ1) is 13.3. The molecule has 0 saturated heterocycles. The van der Waals surface area contributed by atoms with E-state index in [0.29, 0.717) is 4.90 Å². The van der Waals surface area contributed by atoms with E-state index in [-0.39, 0.29) is 17.4 Å². The van der Waals surface area contributed by atoms with Crippen molar-refractivity contribution in [3.63, 3.8) is 0 Å². The third-order valence-electron chi connectivity index (χ3n) is 2.54. The molecule has 1 aromatic heterocycles. The summed E-state index contributed by atoms with van der Waals surface area (Å²) < 4.78 is 13.4. The lowest BCUT2D eigenvalue weighted by Crippen LogP contribution is -2.02. The van der Waals surface area contributed by atoms with Gasteiger partial charge in [0.15, 0.2) is 5.78 Å². The van der Waals surface area contributed by atoms with Crippen LogP contribution in [0.15, 0.2) is 35.2 Å². The zero-order valence-electron chi connectivity index (χ0n) is 10.2. The van der Waals surface area contributed by atoms with Crippen molar-refractivity contribution in [2.24, 2.45) is 0 Å². The van der Waals surface area contributed by atoms with Crippen molar-refractivity contribution in [3.05, 3.63) is 51.5 Å². The molecule has 1 aromatic carbocycles. The van der Waals surface area contributed by atoms with Crippen molar-refractivity contribution in [2.75, 3.05) is 5.75 Å². The second-order valence-electron chi connectivity index (χ2n) is 3.97. The lowest BCUT2D eigenvalue weighted by molar-refractivity contribution is 0.102. The maximum atomic E-state index is 13.4. The van der Waals surface area contributed by atoms with Gasteiger partial charge in [-0.05, 0) is 32.0 Å². The normalized spacial score (nSPS) is 10.6. The van der Waals surface area contributed by atoms with Crippen LogP contribution in [0.2, 0.25) is 0 Å². The zero-order chi connectivity index (χ0) is 13.1. The highest BCUT2D eigenvalue weighted by molar-refractivity contribution is 8.00. The summed E-state index contributed by atoms with van der Waals surface area (Å²) in [4.78, 5) is 14.7. The first-order valence-electron chi connectivity index (χ1n) is 5.55. The van der Waals surface area contributed by atoms with Crippen molar-refractivity contribution in [3.8, 4) is 0 Å². The van der Waals surface area contributed by atoms with Gasteiger partial charge in [-0.25, -0.2) is 4.39 Å². The fourth-order valence-electron chi connectivity index (χ4n) is 1.69. The van der Waals surface area contributed by atoms with Gasteiger partial charge in [-0.15, -0.1) is 23.1 Å². The minimum atomic E-state index is -0.270. The molecule has 0 unspecified atom stereocenters. The summed E-state index contributed by atoms with van der Waals surface area (Å²) in [5.41, 5.74) is 0.765. The van der Waals surface area contributed by atoms with Crippen LogP contribution in [0.25, 0.3) is 0 Å². The number of carbonyl (C=O) groups excluding carboxylic acids is 1. The second kappa shape index (κ2) is 5.67. The van der Waals surface area contributed by atoms with Crippen molar-refractivity contribution >= 4 is 28.9 Å². The van der Waals surface area contributed by atoms with Gasteiger partial charge < -0.3 is 0 Å². The number of carbonyl (C=O) groups is 1. The molecule has 1 nitrogen and oxygen atoms in total. The van der Waals surface area contributed by atoms with Gasteiger partial charge in [-0.3, -0.25) is 4.79 Å². The summed E-state index contributed by atoms with van der Waals surface area (Å²) in [6.07, 6.45) is 0. The SMILES string of the molecule is Cc1cc(C(=O)CSc2ccccc2F)c(C)s1. The number of rotatable bonds is 4. The number of Topliss-reactive ketones (excluding diaryl/α,β-unsaturated/α-hetero) is 1. The maximum absolute atomic E-state index is 13.4. The standard InChI is InChI=1S/C14H13FOS2/c1-9-7-11(10(2)18-9)13(16)8-17-14-6-4-3-5-12(14)15/h3-7H,8H2,1-2H3. The van der Waals surface area contributed by atoms with Crippen molar-refractivity contribution in [1.82, 2.24) is 0 Å². The highest BCUT2D eigenvalue weighted by atomic mass is 32.2. The van der Waals surface area contributed by atoms with Crippen LogP contribution >= 0.6 is 23.1 Å². The summed E-state index contributed by atoms with van der Waals surface area (Å²) >= 11 is 2.87. The predicted molar refractivity (Wildman–Crippen MR) is 75.2 cm³/mol. The Balaban J connectivity index is 2.05. The molecule has 0 atom stereocenters. The van der Waals surface area contributed by atoms with Crippen LogP contribution in [0, 0.1) is 19.7 Å². The Bertz CT molecular complexity index is 575. The Hall–Kier alpha value is -1.13. The van der Waals surface area contributed by atoms with Crippen LogP contribution in [0.4, 0.5) is 4.39 Å². The van der Waals surface area contributed by atoms with Gasteiger partial charge in [0, 0.05) is 20.2 Å². The number of thiophene rings is 1. The van der Waals surface area contributed by atoms with Gasteiger partial charge in [0.05, 0.1) is 5.75 Å². The number of ketones is 1. The van der Waals surface area contributed by atoms with Gasteiger partial charge in [-0.1, -0.05) is 12.1 Å². The minimum Gasteiger partial charge on any atom is -0.293 e. The Kier molecular flexibility index (Phi) is 4.19. The first-order valence-corrected chi connectivity index (χ1v) is 7.35. The van der Waals surface area contributed by atoms with Crippen LogP contribution in [-0.2, 0) is 0 Å². The number of thioether (sulfide) groups is 1. The number of hydrogen-bond donors (Lipinski definition) is 0. The molecule has 2 aromatic rings. The van der Waals surface area contributed by atoms with Crippen LogP contribution in [-0.4, -0.2) is 11.5 Å². The molecule has 18 heavy (non-hydrogen) atoms. The Morgan fingerprint density at radius 1 is 1.33 bits per heavy atom. The fraction of sp³-hybridized carbons (Fsp3) is 0.214. The van der Waals surface area contributed by atoms with Gasteiger partial charge in [0.2, 0.25) is 0 Å². The monoisotopic (exact) mass is 280 g/mol. The Morgan fingerprint density at radius 3 is 2.67 bits per heavy atom. The lowest BCUT2D eigenvalue weighted by atomic mass is 10.2. The smallest absolute Gasteiger partial charge is 0.174 e. The van der Waals surface area contributed by atoms with E-state index in [9.17, 15) is 9.18 Å². The average Bonchev–Trinajstić information content (AvgIpc) is 2.67. The molecular weight excluding hydrogens is 267 g/mol. The molecule has 94 valence electrons. The fourth-order valence-corrected chi connectivity index (χ4v) is 3.46. The van der Waals surface area contributed by atoms with Crippen LogP contribution in [0.1, 0.15) is 20.1 Å². The van der Waals surface area contributed by atoms with Gasteiger partial charge in [-0.2, -0.15) is 0 Å².